The van der Waals surface area contributed by atoms with Gasteiger partial charge in [-0.05, 0) is 57.0 Å². The highest BCUT2D eigenvalue weighted by molar-refractivity contribution is 7.89. The Morgan fingerprint density at radius 1 is 1.00 bits per heavy atom. The quantitative estimate of drug-likeness (QED) is 0.595. The number of nitrogens with one attached hydrogen (secondary N) is 1. The molecule has 0 bridgehead atoms. The van der Waals surface area contributed by atoms with Gasteiger partial charge in [-0.15, -0.1) is 0 Å². The van der Waals surface area contributed by atoms with Gasteiger partial charge in [-0.3, -0.25) is 4.79 Å². The molecule has 0 aliphatic rings. The number of carbonyl (C=O) groups is 1. The maximum Gasteiger partial charge on any atom is 0.258 e. The van der Waals surface area contributed by atoms with Crippen molar-refractivity contribution < 1.29 is 17.6 Å². The standard InChI is InChI=1S/C23H27FN4O3S/c1-7-28(8-2)32(30,31)18-9-13(3)14(4)20(12-18)27-23(29)19-10-17(24)11-21-22(19)26-16(6)15(5)25-21/h9-12H,7-8H2,1-6H3,(H,27,29). The Morgan fingerprint density at radius 3 is 2.25 bits per heavy atom. The molecule has 9 heteroatoms. The lowest BCUT2D eigenvalue weighted by Crippen LogP contribution is -2.30. The van der Waals surface area contributed by atoms with E-state index >= 15 is 0 Å². The van der Waals surface area contributed by atoms with Crippen LogP contribution in [0.15, 0.2) is 29.2 Å². The Labute approximate surface area is 187 Å². The minimum atomic E-state index is -3.72. The molecule has 1 heterocycles. The van der Waals surface area contributed by atoms with E-state index in [4.69, 9.17) is 0 Å². The van der Waals surface area contributed by atoms with Crippen LogP contribution in [0.3, 0.4) is 0 Å². The first kappa shape index (κ1) is 23.7. The summed E-state index contributed by atoms with van der Waals surface area (Å²) in [5.41, 5.74) is 3.66. The first-order valence-electron chi connectivity index (χ1n) is 10.4. The molecule has 0 atom stereocenters. The summed E-state index contributed by atoms with van der Waals surface area (Å²) in [6, 6.07) is 5.38. The topological polar surface area (TPSA) is 92.3 Å². The molecule has 3 aromatic rings. The number of fused-ring (bicyclic) bond motifs is 1. The summed E-state index contributed by atoms with van der Waals surface area (Å²) in [4.78, 5) is 22.0. The van der Waals surface area contributed by atoms with Crippen LogP contribution in [-0.4, -0.2) is 41.7 Å². The second-order valence-corrected chi connectivity index (χ2v) is 9.61. The number of benzene rings is 2. The third kappa shape index (κ3) is 4.35. The fourth-order valence-corrected chi connectivity index (χ4v) is 5.05. The summed E-state index contributed by atoms with van der Waals surface area (Å²) in [6.07, 6.45) is 0. The molecular weight excluding hydrogens is 431 g/mol. The number of sulfonamides is 1. The molecule has 3 rings (SSSR count). The van der Waals surface area contributed by atoms with Crippen molar-refractivity contribution in [2.75, 3.05) is 18.4 Å². The summed E-state index contributed by atoms with van der Waals surface area (Å²) >= 11 is 0. The zero-order chi connectivity index (χ0) is 23.8. The zero-order valence-electron chi connectivity index (χ0n) is 19.1. The van der Waals surface area contributed by atoms with Gasteiger partial charge in [0.25, 0.3) is 5.91 Å². The van der Waals surface area contributed by atoms with E-state index in [-0.39, 0.29) is 21.5 Å². The monoisotopic (exact) mass is 458 g/mol. The Hall–Kier alpha value is -2.91. The number of hydrogen-bond acceptors (Lipinski definition) is 5. The predicted molar refractivity (Wildman–Crippen MR) is 123 cm³/mol. The van der Waals surface area contributed by atoms with Crippen LogP contribution in [0.25, 0.3) is 11.0 Å². The van der Waals surface area contributed by atoms with Crippen molar-refractivity contribution in [3.8, 4) is 0 Å². The predicted octanol–water partition coefficient (Wildman–Crippen LogP) is 4.29. The molecule has 1 aromatic heterocycles. The zero-order valence-corrected chi connectivity index (χ0v) is 19.9. The molecule has 1 N–H and O–H groups in total. The van der Waals surface area contributed by atoms with E-state index in [9.17, 15) is 17.6 Å². The van der Waals surface area contributed by atoms with Gasteiger partial charge in [0.1, 0.15) is 11.3 Å². The Bertz CT molecular complexity index is 1320. The second-order valence-electron chi connectivity index (χ2n) is 7.67. The molecule has 0 aliphatic heterocycles. The number of anilines is 1. The first-order chi connectivity index (χ1) is 15.0. The number of hydrogen-bond donors (Lipinski definition) is 1. The lowest BCUT2D eigenvalue weighted by Gasteiger charge is -2.20. The maximum absolute atomic E-state index is 14.2. The van der Waals surface area contributed by atoms with Gasteiger partial charge >= 0.3 is 0 Å². The van der Waals surface area contributed by atoms with Gasteiger partial charge in [0.15, 0.2) is 0 Å². The number of halogens is 1. The number of aryl methyl sites for hydroxylation is 3. The van der Waals surface area contributed by atoms with Crippen molar-refractivity contribution in [3.05, 3.63) is 58.2 Å². The van der Waals surface area contributed by atoms with Crippen LogP contribution in [0.5, 0.6) is 0 Å². The molecule has 1 amide bonds. The summed E-state index contributed by atoms with van der Waals surface area (Å²) in [7, 11) is -3.72. The lowest BCUT2D eigenvalue weighted by molar-refractivity contribution is 0.102. The van der Waals surface area contributed by atoms with Gasteiger partial charge in [0.05, 0.1) is 27.4 Å². The first-order valence-corrected chi connectivity index (χ1v) is 11.8. The van der Waals surface area contributed by atoms with Gasteiger partial charge in [-0.25, -0.2) is 22.8 Å². The average molecular weight is 459 g/mol. The molecule has 7 nitrogen and oxygen atoms in total. The van der Waals surface area contributed by atoms with Crippen LogP contribution in [0.1, 0.15) is 46.7 Å². The number of carbonyl (C=O) groups excluding carboxylic acids is 1. The van der Waals surface area contributed by atoms with Gasteiger partial charge in [0.2, 0.25) is 10.0 Å². The highest BCUT2D eigenvalue weighted by Crippen LogP contribution is 2.28. The van der Waals surface area contributed by atoms with Crippen molar-refractivity contribution in [1.29, 1.82) is 0 Å². The number of nitrogens with zero attached hydrogens (tertiary/aromatic N) is 3. The largest absolute Gasteiger partial charge is 0.322 e. The molecule has 0 radical (unpaired) electrons. The van der Waals surface area contributed by atoms with E-state index in [1.807, 2.05) is 0 Å². The fourth-order valence-electron chi connectivity index (χ4n) is 3.48. The fraction of sp³-hybridized carbons (Fsp3) is 0.348. The summed E-state index contributed by atoms with van der Waals surface area (Å²) < 4.78 is 41.6. The number of rotatable bonds is 6. The Morgan fingerprint density at radius 2 is 1.62 bits per heavy atom. The minimum absolute atomic E-state index is 0.0321. The van der Waals surface area contributed by atoms with Crippen LogP contribution in [0, 0.1) is 33.5 Å². The van der Waals surface area contributed by atoms with Crippen LogP contribution in [0.2, 0.25) is 0 Å². The third-order valence-electron chi connectivity index (χ3n) is 5.62. The van der Waals surface area contributed by atoms with Crippen molar-refractivity contribution in [1.82, 2.24) is 14.3 Å². The van der Waals surface area contributed by atoms with Gasteiger partial charge in [-0.2, -0.15) is 4.31 Å². The van der Waals surface area contributed by atoms with E-state index in [2.05, 4.69) is 15.3 Å². The van der Waals surface area contributed by atoms with Crippen LogP contribution in [-0.2, 0) is 10.0 Å². The normalized spacial score (nSPS) is 11.9. The Kier molecular flexibility index (Phi) is 6.61. The molecule has 170 valence electrons. The SMILES string of the molecule is CCN(CC)S(=O)(=O)c1cc(C)c(C)c(NC(=O)c2cc(F)cc3nc(C)c(C)nc23)c1. The maximum atomic E-state index is 14.2. The van der Waals surface area contributed by atoms with Crippen molar-refractivity contribution in [3.63, 3.8) is 0 Å². The smallest absolute Gasteiger partial charge is 0.258 e. The van der Waals surface area contributed by atoms with Gasteiger partial charge in [0, 0.05) is 24.8 Å². The number of aromatic nitrogens is 2. The van der Waals surface area contributed by atoms with Crippen molar-refractivity contribution >= 4 is 32.7 Å². The molecule has 0 unspecified atom stereocenters. The van der Waals surface area contributed by atoms with Crippen LogP contribution < -0.4 is 5.32 Å². The molecular formula is C23H27FN4O3S. The summed E-state index contributed by atoms with van der Waals surface area (Å²) in [5.74, 6) is -1.20. The molecule has 0 spiro atoms. The summed E-state index contributed by atoms with van der Waals surface area (Å²) in [6.45, 7) is 11.3. The molecule has 0 saturated carbocycles. The second kappa shape index (κ2) is 8.91. The van der Waals surface area contributed by atoms with E-state index < -0.39 is 21.7 Å². The van der Waals surface area contributed by atoms with E-state index in [0.29, 0.717) is 35.7 Å². The van der Waals surface area contributed by atoms with E-state index in [1.54, 1.807) is 47.6 Å². The molecule has 0 fully saturated rings. The van der Waals surface area contributed by atoms with E-state index in [0.717, 1.165) is 11.6 Å². The lowest BCUT2D eigenvalue weighted by atomic mass is 10.1. The average Bonchev–Trinajstić information content (AvgIpc) is 2.72. The van der Waals surface area contributed by atoms with E-state index in [1.165, 1.54) is 16.4 Å². The highest BCUT2D eigenvalue weighted by atomic mass is 32.2. The molecule has 32 heavy (non-hydrogen) atoms. The van der Waals surface area contributed by atoms with Crippen molar-refractivity contribution in [2.24, 2.45) is 0 Å². The third-order valence-corrected chi connectivity index (χ3v) is 7.65. The van der Waals surface area contributed by atoms with Crippen LogP contribution in [0.4, 0.5) is 10.1 Å². The molecule has 2 aromatic carbocycles. The van der Waals surface area contributed by atoms with Gasteiger partial charge in [-0.1, -0.05) is 13.8 Å². The highest BCUT2D eigenvalue weighted by Gasteiger charge is 2.24. The van der Waals surface area contributed by atoms with Crippen LogP contribution >= 0.6 is 0 Å². The summed E-state index contributed by atoms with van der Waals surface area (Å²) in [5, 5.41) is 2.75. The Balaban J connectivity index is 2.09. The molecule has 0 saturated heterocycles. The number of amides is 1. The van der Waals surface area contributed by atoms with Crippen molar-refractivity contribution in [2.45, 2.75) is 46.4 Å². The molecule has 0 aliphatic carbocycles. The minimum Gasteiger partial charge on any atom is -0.322 e. The van der Waals surface area contributed by atoms with Gasteiger partial charge < -0.3 is 5.32 Å².